The molecule has 0 aliphatic carbocycles. The molecular weight excluding hydrogens is 210 g/mol. The van der Waals surface area contributed by atoms with Gasteiger partial charge in [-0.2, -0.15) is 0 Å². The van der Waals surface area contributed by atoms with Crippen LogP contribution in [0.5, 0.6) is 0 Å². The van der Waals surface area contributed by atoms with Crippen molar-refractivity contribution in [1.82, 2.24) is 10.2 Å². The molecule has 0 saturated heterocycles. The fourth-order valence-electron chi connectivity index (χ4n) is 0.890. The van der Waals surface area contributed by atoms with Gasteiger partial charge in [-0.25, -0.2) is 0 Å². The molecule has 0 radical (unpaired) electrons. The van der Waals surface area contributed by atoms with Gasteiger partial charge in [-0.3, -0.25) is 0 Å². The van der Waals surface area contributed by atoms with E-state index in [0.717, 1.165) is 5.82 Å². The van der Waals surface area contributed by atoms with Gasteiger partial charge in [0.15, 0.2) is 5.15 Å². The van der Waals surface area contributed by atoms with Crippen molar-refractivity contribution < 1.29 is 0 Å². The second kappa shape index (κ2) is 3.97. The second-order valence-electron chi connectivity index (χ2n) is 5.24. The molecule has 0 aliphatic heterocycles. The number of anilines is 1. The molecule has 1 rings (SSSR count). The number of nitrogens with one attached hydrogen (secondary N) is 1. The summed E-state index contributed by atoms with van der Waals surface area (Å²) >= 11 is 5.67. The van der Waals surface area contributed by atoms with E-state index < -0.39 is 0 Å². The smallest absolute Gasteiger partial charge is 0.151 e. The molecule has 0 unspecified atom stereocenters. The molecule has 0 amide bonds. The number of hydrogen-bond acceptors (Lipinski definition) is 3. The van der Waals surface area contributed by atoms with Gasteiger partial charge in [-0.05, 0) is 31.4 Å². The molecule has 0 spiro atoms. The van der Waals surface area contributed by atoms with Gasteiger partial charge in [-0.1, -0.05) is 32.4 Å². The first-order valence-electron chi connectivity index (χ1n) is 5.00. The van der Waals surface area contributed by atoms with Crippen LogP contribution < -0.4 is 5.32 Å². The Morgan fingerprint density at radius 1 is 1.07 bits per heavy atom. The number of hydrogen-bond donors (Lipinski definition) is 1. The average Bonchev–Trinajstić information content (AvgIpc) is 2.06. The van der Waals surface area contributed by atoms with E-state index in [2.05, 4.69) is 50.1 Å². The van der Waals surface area contributed by atoms with Gasteiger partial charge in [0.05, 0.1) is 0 Å². The lowest BCUT2D eigenvalue weighted by Crippen LogP contribution is -2.44. The summed E-state index contributed by atoms with van der Waals surface area (Å²) in [6.45, 7) is 10.8. The molecule has 84 valence electrons. The Morgan fingerprint density at radius 2 is 1.67 bits per heavy atom. The van der Waals surface area contributed by atoms with E-state index >= 15 is 0 Å². The van der Waals surface area contributed by atoms with Gasteiger partial charge in [0.1, 0.15) is 5.82 Å². The van der Waals surface area contributed by atoms with Crippen molar-refractivity contribution in [2.75, 3.05) is 5.32 Å². The molecule has 1 aromatic rings. The fraction of sp³-hybridized carbons (Fsp3) is 0.636. The summed E-state index contributed by atoms with van der Waals surface area (Å²) < 4.78 is 0. The maximum absolute atomic E-state index is 5.67. The molecule has 0 bridgehead atoms. The summed E-state index contributed by atoms with van der Waals surface area (Å²) in [5.41, 5.74) is 0.0732. The summed E-state index contributed by atoms with van der Waals surface area (Å²) in [5.74, 6) is 0.749. The highest BCUT2D eigenvalue weighted by atomic mass is 35.5. The predicted molar refractivity (Wildman–Crippen MR) is 64.2 cm³/mol. The zero-order valence-corrected chi connectivity index (χ0v) is 10.7. The van der Waals surface area contributed by atoms with E-state index in [9.17, 15) is 0 Å². The monoisotopic (exact) mass is 227 g/mol. The van der Waals surface area contributed by atoms with Gasteiger partial charge < -0.3 is 5.32 Å². The first-order chi connectivity index (χ1) is 6.72. The number of nitrogens with zero attached hydrogens (tertiary/aromatic N) is 2. The van der Waals surface area contributed by atoms with Crippen LogP contribution in [0, 0.1) is 5.41 Å². The van der Waals surface area contributed by atoms with Crippen LogP contribution in [0.15, 0.2) is 12.1 Å². The largest absolute Gasteiger partial charge is 0.363 e. The van der Waals surface area contributed by atoms with Crippen molar-refractivity contribution in [3.8, 4) is 0 Å². The number of rotatable bonds is 2. The van der Waals surface area contributed by atoms with Crippen molar-refractivity contribution in [3.63, 3.8) is 0 Å². The maximum atomic E-state index is 5.67. The number of aromatic nitrogens is 2. The lowest BCUT2D eigenvalue weighted by atomic mass is 9.76. The molecule has 0 saturated carbocycles. The summed E-state index contributed by atoms with van der Waals surface area (Å²) in [6.07, 6.45) is 0. The molecule has 0 fully saturated rings. The number of halogens is 1. The standard InChI is InChI=1S/C11H18ClN3/c1-10(2,3)11(4,5)13-9-7-6-8(12)14-15-9/h6-7H,1-5H3,(H,13,15). The van der Waals surface area contributed by atoms with Crippen LogP contribution in [0.4, 0.5) is 5.82 Å². The van der Waals surface area contributed by atoms with Crippen LogP contribution in [0.25, 0.3) is 0 Å². The zero-order valence-electron chi connectivity index (χ0n) is 9.93. The summed E-state index contributed by atoms with van der Waals surface area (Å²) in [4.78, 5) is 0. The molecule has 1 N–H and O–H groups in total. The van der Waals surface area contributed by atoms with Crippen molar-refractivity contribution >= 4 is 17.4 Å². The summed E-state index contributed by atoms with van der Waals surface area (Å²) in [7, 11) is 0. The van der Waals surface area contributed by atoms with Crippen LogP contribution >= 0.6 is 11.6 Å². The van der Waals surface area contributed by atoms with E-state index in [0.29, 0.717) is 5.15 Å². The molecule has 4 heteroatoms. The third kappa shape index (κ3) is 3.06. The van der Waals surface area contributed by atoms with Gasteiger partial charge in [0.25, 0.3) is 0 Å². The highest BCUT2D eigenvalue weighted by molar-refractivity contribution is 6.29. The van der Waals surface area contributed by atoms with Gasteiger partial charge in [-0.15, -0.1) is 10.2 Å². The van der Waals surface area contributed by atoms with Crippen LogP contribution in [0.3, 0.4) is 0 Å². The normalized spacial score (nSPS) is 12.7. The molecule has 1 heterocycles. The molecule has 3 nitrogen and oxygen atoms in total. The molecule has 0 aromatic carbocycles. The van der Waals surface area contributed by atoms with E-state index in [-0.39, 0.29) is 11.0 Å². The first-order valence-corrected chi connectivity index (χ1v) is 5.37. The third-order valence-electron chi connectivity index (χ3n) is 2.95. The van der Waals surface area contributed by atoms with Crippen LogP contribution in [-0.2, 0) is 0 Å². The minimum atomic E-state index is -0.0600. The Labute approximate surface area is 96.2 Å². The third-order valence-corrected chi connectivity index (χ3v) is 3.15. The molecule has 0 aliphatic rings. The van der Waals surface area contributed by atoms with E-state index in [1.165, 1.54) is 0 Å². The van der Waals surface area contributed by atoms with Crippen LogP contribution in [0.2, 0.25) is 5.15 Å². The minimum absolute atomic E-state index is 0.0600. The SMILES string of the molecule is CC(C)(C)C(C)(C)Nc1ccc(Cl)nn1. The zero-order chi connectivity index (χ0) is 11.7. The van der Waals surface area contributed by atoms with Crippen molar-refractivity contribution in [3.05, 3.63) is 17.3 Å². The minimum Gasteiger partial charge on any atom is -0.363 e. The molecule has 1 aromatic heterocycles. The maximum Gasteiger partial charge on any atom is 0.151 e. The topological polar surface area (TPSA) is 37.8 Å². The fourth-order valence-corrected chi connectivity index (χ4v) is 0.991. The quantitative estimate of drug-likeness (QED) is 0.842. The Morgan fingerprint density at radius 3 is 2.07 bits per heavy atom. The van der Waals surface area contributed by atoms with Crippen molar-refractivity contribution in [1.29, 1.82) is 0 Å². The van der Waals surface area contributed by atoms with Crippen molar-refractivity contribution in [2.24, 2.45) is 5.41 Å². The van der Waals surface area contributed by atoms with Gasteiger partial charge >= 0.3 is 0 Å². The van der Waals surface area contributed by atoms with Crippen LogP contribution in [0.1, 0.15) is 34.6 Å². The second-order valence-corrected chi connectivity index (χ2v) is 5.63. The highest BCUT2D eigenvalue weighted by Gasteiger charge is 2.32. The highest BCUT2D eigenvalue weighted by Crippen LogP contribution is 2.32. The van der Waals surface area contributed by atoms with Gasteiger partial charge in [0, 0.05) is 5.54 Å². The summed E-state index contributed by atoms with van der Waals surface area (Å²) in [6, 6.07) is 3.57. The Bertz CT molecular complexity index is 325. The molecule has 15 heavy (non-hydrogen) atoms. The Hall–Kier alpha value is -0.830. The Balaban J connectivity index is 2.82. The Kier molecular flexibility index (Phi) is 3.24. The van der Waals surface area contributed by atoms with E-state index in [1.807, 2.05) is 6.07 Å². The predicted octanol–water partition coefficient (Wildman–Crippen LogP) is 3.37. The van der Waals surface area contributed by atoms with Crippen LogP contribution in [-0.4, -0.2) is 15.7 Å². The molecule has 0 atom stereocenters. The first kappa shape index (κ1) is 12.2. The van der Waals surface area contributed by atoms with E-state index in [1.54, 1.807) is 6.07 Å². The van der Waals surface area contributed by atoms with Gasteiger partial charge in [0.2, 0.25) is 0 Å². The molecular formula is C11H18ClN3. The average molecular weight is 228 g/mol. The van der Waals surface area contributed by atoms with E-state index in [4.69, 9.17) is 11.6 Å². The summed E-state index contributed by atoms with van der Waals surface area (Å²) in [5, 5.41) is 11.5. The lowest BCUT2D eigenvalue weighted by molar-refractivity contribution is 0.253. The van der Waals surface area contributed by atoms with Crippen molar-refractivity contribution in [2.45, 2.75) is 40.2 Å². The lowest BCUT2D eigenvalue weighted by Gasteiger charge is -2.39.